The van der Waals surface area contributed by atoms with E-state index in [1.807, 2.05) is 17.5 Å². The van der Waals surface area contributed by atoms with Gasteiger partial charge in [-0.15, -0.1) is 11.3 Å². The molecular formula is C16H20BNO5S. The SMILES string of the molecule is O=C(O)CC1OB(O)C(NC(=O)Cc2cccs2)CC2=C1CCC2. The molecule has 0 radical (unpaired) electrons. The van der Waals surface area contributed by atoms with E-state index in [4.69, 9.17) is 9.76 Å². The molecule has 0 fully saturated rings. The number of hydrogen-bond donors (Lipinski definition) is 3. The lowest BCUT2D eigenvalue weighted by molar-refractivity contribution is -0.138. The van der Waals surface area contributed by atoms with Crippen LogP contribution in [0.25, 0.3) is 0 Å². The van der Waals surface area contributed by atoms with Gasteiger partial charge in [0.15, 0.2) is 0 Å². The molecule has 0 saturated carbocycles. The summed E-state index contributed by atoms with van der Waals surface area (Å²) in [6.07, 6.45) is 2.67. The van der Waals surface area contributed by atoms with Crippen LogP contribution in [0.4, 0.5) is 0 Å². The molecule has 2 aliphatic rings. The van der Waals surface area contributed by atoms with E-state index < -0.39 is 25.1 Å². The standard InChI is InChI=1S/C16H20BNO5S/c19-15(8-11-4-2-6-24-11)18-14-7-10-3-1-5-12(10)13(9-16(20)21)23-17(14)22/h2,4,6,13-14,22H,1,3,5,7-9H2,(H,18,19)(H,20,21). The summed E-state index contributed by atoms with van der Waals surface area (Å²) in [5, 5.41) is 24.1. The van der Waals surface area contributed by atoms with Gasteiger partial charge in [0.25, 0.3) is 0 Å². The normalized spacial score (nSPS) is 23.8. The maximum absolute atomic E-state index is 12.2. The fraction of sp³-hybridized carbons (Fsp3) is 0.500. The van der Waals surface area contributed by atoms with Gasteiger partial charge in [-0.05, 0) is 42.7 Å². The number of hydrogen-bond acceptors (Lipinski definition) is 5. The first kappa shape index (κ1) is 17.2. The first-order chi connectivity index (χ1) is 11.5. The van der Waals surface area contributed by atoms with Crippen LogP contribution in [0.3, 0.4) is 0 Å². The molecule has 0 bridgehead atoms. The largest absolute Gasteiger partial charge is 0.481 e. The van der Waals surface area contributed by atoms with Gasteiger partial charge in [-0.1, -0.05) is 11.6 Å². The lowest BCUT2D eigenvalue weighted by Crippen LogP contribution is -2.49. The highest BCUT2D eigenvalue weighted by Gasteiger charge is 2.39. The third-order valence-corrected chi connectivity index (χ3v) is 5.38. The summed E-state index contributed by atoms with van der Waals surface area (Å²) in [5.74, 6) is -1.66. The van der Waals surface area contributed by atoms with Gasteiger partial charge in [-0.2, -0.15) is 0 Å². The van der Waals surface area contributed by atoms with Crippen molar-refractivity contribution in [3.63, 3.8) is 0 Å². The monoisotopic (exact) mass is 349 g/mol. The van der Waals surface area contributed by atoms with Crippen molar-refractivity contribution in [3.05, 3.63) is 33.5 Å². The average Bonchev–Trinajstić information content (AvgIpc) is 3.14. The Morgan fingerprint density at radius 2 is 2.25 bits per heavy atom. The summed E-state index contributed by atoms with van der Waals surface area (Å²) in [5.41, 5.74) is 2.12. The second kappa shape index (κ2) is 7.50. The summed E-state index contributed by atoms with van der Waals surface area (Å²) in [6.45, 7) is 0. The molecule has 2 heterocycles. The number of amides is 1. The van der Waals surface area contributed by atoms with E-state index >= 15 is 0 Å². The fourth-order valence-electron chi connectivity index (χ4n) is 3.44. The molecule has 1 aromatic rings. The van der Waals surface area contributed by atoms with E-state index in [1.165, 1.54) is 11.3 Å². The molecular weight excluding hydrogens is 329 g/mol. The van der Waals surface area contributed by atoms with Crippen molar-refractivity contribution in [1.82, 2.24) is 5.32 Å². The van der Waals surface area contributed by atoms with Crippen LogP contribution >= 0.6 is 11.3 Å². The van der Waals surface area contributed by atoms with Crippen molar-refractivity contribution < 1.29 is 24.4 Å². The molecule has 128 valence electrons. The maximum atomic E-state index is 12.2. The van der Waals surface area contributed by atoms with Gasteiger partial charge in [0, 0.05) is 4.88 Å². The first-order valence-corrected chi connectivity index (χ1v) is 8.98. The van der Waals surface area contributed by atoms with E-state index in [0.717, 1.165) is 35.3 Å². The number of nitrogens with one attached hydrogen (secondary N) is 1. The Hall–Kier alpha value is -1.64. The number of carbonyl (C=O) groups is 2. The minimum atomic E-state index is -1.20. The van der Waals surface area contributed by atoms with Crippen LogP contribution in [0.15, 0.2) is 28.7 Å². The van der Waals surface area contributed by atoms with Gasteiger partial charge in [0.1, 0.15) is 0 Å². The van der Waals surface area contributed by atoms with E-state index in [9.17, 15) is 14.6 Å². The smallest absolute Gasteiger partial charge is 0.478 e. The molecule has 6 nitrogen and oxygen atoms in total. The number of carbonyl (C=O) groups excluding carboxylic acids is 1. The fourth-order valence-corrected chi connectivity index (χ4v) is 4.15. The number of thiophene rings is 1. The molecule has 3 N–H and O–H groups in total. The Morgan fingerprint density at radius 3 is 2.96 bits per heavy atom. The lowest BCUT2D eigenvalue weighted by atomic mass is 9.75. The Morgan fingerprint density at radius 1 is 1.42 bits per heavy atom. The van der Waals surface area contributed by atoms with Gasteiger partial charge >= 0.3 is 13.1 Å². The second-order valence-corrected chi connectivity index (χ2v) is 7.26. The van der Waals surface area contributed by atoms with Gasteiger partial charge in [0.2, 0.25) is 5.91 Å². The highest BCUT2D eigenvalue weighted by Crippen LogP contribution is 2.36. The molecule has 3 rings (SSSR count). The molecule has 1 aliphatic heterocycles. The minimum absolute atomic E-state index is 0.161. The van der Waals surface area contributed by atoms with Crippen molar-refractivity contribution in [3.8, 4) is 0 Å². The van der Waals surface area contributed by atoms with Crippen molar-refractivity contribution >= 4 is 30.3 Å². The summed E-state index contributed by atoms with van der Waals surface area (Å²) >= 11 is 1.51. The van der Waals surface area contributed by atoms with Gasteiger partial charge < -0.3 is 20.1 Å². The third kappa shape index (κ3) is 4.06. The lowest BCUT2D eigenvalue weighted by Gasteiger charge is -2.22. The zero-order chi connectivity index (χ0) is 17.1. The number of carboxylic acids is 1. The first-order valence-electron chi connectivity index (χ1n) is 8.11. The van der Waals surface area contributed by atoms with Crippen molar-refractivity contribution in [2.24, 2.45) is 0 Å². The molecule has 1 aromatic heterocycles. The van der Waals surface area contributed by atoms with Crippen molar-refractivity contribution in [2.75, 3.05) is 0 Å². The Bertz CT molecular complexity index is 645. The van der Waals surface area contributed by atoms with Gasteiger partial charge in [-0.25, -0.2) is 0 Å². The highest BCUT2D eigenvalue weighted by molar-refractivity contribution is 7.10. The van der Waals surface area contributed by atoms with Crippen molar-refractivity contribution in [2.45, 2.75) is 50.6 Å². The Labute approximate surface area is 144 Å². The number of aliphatic carboxylic acids is 1. The summed E-state index contributed by atoms with van der Waals surface area (Å²) in [4.78, 5) is 24.2. The van der Waals surface area contributed by atoms with E-state index in [1.54, 1.807) is 0 Å². The molecule has 1 amide bonds. The zero-order valence-electron chi connectivity index (χ0n) is 13.2. The summed E-state index contributed by atoms with van der Waals surface area (Å²) in [6, 6.07) is 3.79. The number of carboxylic acid groups (broad SMARTS) is 1. The molecule has 0 aromatic carbocycles. The molecule has 1 aliphatic carbocycles. The maximum Gasteiger partial charge on any atom is 0.478 e. The van der Waals surface area contributed by atoms with Crippen LogP contribution in [0, 0.1) is 0 Å². The molecule has 2 unspecified atom stereocenters. The van der Waals surface area contributed by atoms with Crippen LogP contribution in [-0.2, 0) is 20.7 Å². The van der Waals surface area contributed by atoms with E-state index in [2.05, 4.69) is 5.32 Å². The van der Waals surface area contributed by atoms with Gasteiger partial charge in [0.05, 0.1) is 24.9 Å². The van der Waals surface area contributed by atoms with Crippen LogP contribution in [0.2, 0.25) is 0 Å². The molecule has 24 heavy (non-hydrogen) atoms. The second-order valence-electron chi connectivity index (χ2n) is 6.23. The Kier molecular flexibility index (Phi) is 5.38. The molecule has 0 spiro atoms. The minimum Gasteiger partial charge on any atom is -0.481 e. The van der Waals surface area contributed by atoms with Crippen LogP contribution in [0.1, 0.15) is 37.0 Å². The van der Waals surface area contributed by atoms with E-state index in [0.29, 0.717) is 6.42 Å². The summed E-state index contributed by atoms with van der Waals surface area (Å²) in [7, 11) is -1.20. The highest BCUT2D eigenvalue weighted by atomic mass is 32.1. The van der Waals surface area contributed by atoms with Crippen molar-refractivity contribution in [1.29, 1.82) is 0 Å². The van der Waals surface area contributed by atoms with Crippen LogP contribution in [0.5, 0.6) is 0 Å². The zero-order valence-corrected chi connectivity index (χ0v) is 14.1. The quantitative estimate of drug-likeness (QED) is 0.554. The predicted octanol–water partition coefficient (Wildman–Crippen LogP) is 1.54. The predicted molar refractivity (Wildman–Crippen MR) is 90.5 cm³/mol. The molecule has 0 saturated heterocycles. The van der Waals surface area contributed by atoms with E-state index in [-0.39, 0.29) is 18.7 Å². The van der Waals surface area contributed by atoms with Crippen LogP contribution in [-0.4, -0.2) is 41.2 Å². The average molecular weight is 349 g/mol. The van der Waals surface area contributed by atoms with Gasteiger partial charge in [-0.3, -0.25) is 9.59 Å². The molecule has 8 heteroatoms. The Balaban J connectivity index is 1.68. The van der Waals surface area contributed by atoms with Crippen LogP contribution < -0.4 is 5.32 Å². The summed E-state index contributed by atoms with van der Waals surface area (Å²) < 4.78 is 5.59. The molecule has 2 atom stereocenters. The third-order valence-electron chi connectivity index (χ3n) is 4.50. The topological polar surface area (TPSA) is 95.9 Å². The number of rotatable bonds is 5.